The van der Waals surface area contributed by atoms with Gasteiger partial charge in [0, 0.05) is 36.2 Å². The Morgan fingerprint density at radius 2 is 2.05 bits per heavy atom. The van der Waals surface area contributed by atoms with E-state index in [1.165, 1.54) is 31.5 Å². The molecule has 2 heterocycles. The fourth-order valence-corrected chi connectivity index (χ4v) is 3.79. The third kappa shape index (κ3) is 2.93. The molecule has 0 amide bonds. The Bertz CT molecular complexity index is 445. The van der Waals surface area contributed by atoms with Crippen molar-refractivity contribution in [3.8, 4) is 0 Å². The molecule has 0 spiro atoms. The number of hydrogen-bond donors (Lipinski definition) is 0. The quantitative estimate of drug-likeness (QED) is 0.842. The van der Waals surface area contributed by atoms with Crippen molar-refractivity contribution in [3.63, 3.8) is 0 Å². The summed E-state index contributed by atoms with van der Waals surface area (Å²) in [5, 5.41) is 0. The number of rotatable bonds is 3. The number of fused-ring (bicyclic) bond motifs is 1. The maximum absolute atomic E-state index is 4.02. The fraction of sp³-hybridized carbons (Fsp3) is 0.500. The highest BCUT2D eigenvalue weighted by atomic mass is 79.9. The van der Waals surface area contributed by atoms with E-state index in [1.54, 1.807) is 0 Å². The van der Waals surface area contributed by atoms with Crippen LogP contribution in [0.3, 0.4) is 0 Å². The summed E-state index contributed by atoms with van der Waals surface area (Å²) < 4.78 is 1.08. The molecule has 2 unspecified atom stereocenters. The summed E-state index contributed by atoms with van der Waals surface area (Å²) in [5.41, 5.74) is 1.43. The first-order valence-corrected chi connectivity index (χ1v) is 7.89. The van der Waals surface area contributed by atoms with Crippen molar-refractivity contribution in [2.75, 3.05) is 26.2 Å². The first-order valence-electron chi connectivity index (χ1n) is 7.10. The first kappa shape index (κ1) is 13.3. The van der Waals surface area contributed by atoms with E-state index in [4.69, 9.17) is 0 Å². The van der Waals surface area contributed by atoms with Crippen molar-refractivity contribution in [3.05, 3.63) is 47.0 Å². The highest BCUT2D eigenvalue weighted by molar-refractivity contribution is 9.11. The average Bonchev–Trinajstić information content (AvgIpc) is 2.85. The molecule has 1 aromatic carbocycles. The maximum Gasteiger partial charge on any atom is 0.0479 e. The lowest BCUT2D eigenvalue weighted by Crippen LogP contribution is -2.51. The minimum atomic E-state index is 0.504. The molecule has 2 nitrogen and oxygen atoms in total. The summed E-state index contributed by atoms with van der Waals surface area (Å²) in [7, 11) is 0. The van der Waals surface area contributed by atoms with Gasteiger partial charge in [0.25, 0.3) is 0 Å². The number of benzene rings is 1. The van der Waals surface area contributed by atoms with Gasteiger partial charge >= 0.3 is 0 Å². The van der Waals surface area contributed by atoms with Crippen LogP contribution in [0.2, 0.25) is 0 Å². The van der Waals surface area contributed by atoms with Crippen molar-refractivity contribution in [2.24, 2.45) is 0 Å². The third-order valence-electron chi connectivity index (χ3n) is 4.35. The smallest absolute Gasteiger partial charge is 0.0479 e. The summed E-state index contributed by atoms with van der Waals surface area (Å²) in [6.45, 7) is 8.58. The Labute approximate surface area is 124 Å². The van der Waals surface area contributed by atoms with E-state index in [9.17, 15) is 0 Å². The Hall–Kier alpha value is -0.640. The summed E-state index contributed by atoms with van der Waals surface area (Å²) in [5.74, 6) is 0. The molecule has 102 valence electrons. The van der Waals surface area contributed by atoms with E-state index in [0.717, 1.165) is 23.6 Å². The van der Waals surface area contributed by atoms with Gasteiger partial charge in [-0.2, -0.15) is 0 Å². The van der Waals surface area contributed by atoms with Crippen molar-refractivity contribution in [2.45, 2.75) is 24.9 Å². The van der Waals surface area contributed by atoms with E-state index in [-0.39, 0.29) is 0 Å². The van der Waals surface area contributed by atoms with Gasteiger partial charge in [0.05, 0.1) is 0 Å². The van der Waals surface area contributed by atoms with E-state index in [0.29, 0.717) is 6.04 Å². The monoisotopic (exact) mass is 320 g/mol. The fourth-order valence-electron chi connectivity index (χ4n) is 3.46. The molecular weight excluding hydrogens is 300 g/mol. The standard InChI is InChI=1S/C16H21BrN2/c1-13(17)10-19-11-15-8-5-9-18(15)12-16(19)14-6-3-2-4-7-14/h2-4,6-7,15-16H,1,5,8-12H2. The molecule has 1 aromatic rings. The zero-order valence-corrected chi connectivity index (χ0v) is 12.8. The van der Waals surface area contributed by atoms with Crippen LogP contribution in [-0.4, -0.2) is 42.0 Å². The lowest BCUT2D eigenvalue weighted by Gasteiger charge is -2.44. The van der Waals surface area contributed by atoms with Crippen LogP contribution in [0.4, 0.5) is 0 Å². The molecule has 19 heavy (non-hydrogen) atoms. The van der Waals surface area contributed by atoms with E-state index >= 15 is 0 Å². The SMILES string of the molecule is C=C(Br)CN1CC2CCCN2CC1c1ccccc1. The lowest BCUT2D eigenvalue weighted by atomic mass is 10.00. The second kappa shape index (κ2) is 5.78. The molecule has 0 aliphatic carbocycles. The second-order valence-corrected chi connectivity index (χ2v) is 6.79. The molecule has 0 N–H and O–H groups in total. The molecule has 3 heteroatoms. The minimum absolute atomic E-state index is 0.504. The number of hydrogen-bond acceptors (Lipinski definition) is 2. The van der Waals surface area contributed by atoms with Gasteiger partial charge in [-0.15, -0.1) is 0 Å². The third-order valence-corrected chi connectivity index (χ3v) is 4.60. The Morgan fingerprint density at radius 3 is 2.79 bits per heavy atom. The molecular formula is C16H21BrN2. The lowest BCUT2D eigenvalue weighted by molar-refractivity contribution is 0.0589. The van der Waals surface area contributed by atoms with Crippen LogP contribution >= 0.6 is 15.9 Å². The van der Waals surface area contributed by atoms with Gasteiger partial charge < -0.3 is 0 Å². The summed E-state index contributed by atoms with van der Waals surface area (Å²) in [4.78, 5) is 5.25. The van der Waals surface area contributed by atoms with Crippen LogP contribution in [-0.2, 0) is 0 Å². The first-order chi connectivity index (χ1) is 9.24. The Morgan fingerprint density at radius 1 is 1.26 bits per heavy atom. The number of piperazine rings is 1. The number of nitrogens with zero attached hydrogens (tertiary/aromatic N) is 2. The van der Waals surface area contributed by atoms with E-state index < -0.39 is 0 Å². The summed E-state index contributed by atoms with van der Waals surface area (Å²) in [6, 6.07) is 12.2. The predicted octanol–water partition coefficient (Wildman–Crippen LogP) is 3.42. The molecule has 3 rings (SSSR count). The van der Waals surface area contributed by atoms with Gasteiger partial charge in [0.2, 0.25) is 0 Å². The predicted molar refractivity (Wildman–Crippen MR) is 83.4 cm³/mol. The second-order valence-electron chi connectivity index (χ2n) is 5.66. The largest absolute Gasteiger partial charge is 0.297 e. The van der Waals surface area contributed by atoms with E-state index in [1.807, 2.05) is 0 Å². The topological polar surface area (TPSA) is 6.48 Å². The Kier molecular flexibility index (Phi) is 4.06. The summed E-state index contributed by atoms with van der Waals surface area (Å²) >= 11 is 3.53. The average molecular weight is 321 g/mol. The molecule has 2 aliphatic heterocycles. The zero-order valence-electron chi connectivity index (χ0n) is 11.3. The molecule has 2 saturated heterocycles. The van der Waals surface area contributed by atoms with Crippen molar-refractivity contribution >= 4 is 15.9 Å². The highest BCUT2D eigenvalue weighted by Crippen LogP contribution is 2.33. The van der Waals surface area contributed by atoms with E-state index in [2.05, 4.69) is 62.6 Å². The number of halogens is 1. The minimum Gasteiger partial charge on any atom is -0.297 e. The van der Waals surface area contributed by atoms with Crippen molar-refractivity contribution in [1.82, 2.24) is 9.80 Å². The van der Waals surface area contributed by atoms with Crippen LogP contribution in [0.15, 0.2) is 41.4 Å². The van der Waals surface area contributed by atoms with Gasteiger partial charge in [-0.05, 0) is 24.9 Å². The molecule has 2 fully saturated rings. The van der Waals surface area contributed by atoms with Crippen LogP contribution in [0, 0.1) is 0 Å². The molecule has 0 saturated carbocycles. The maximum atomic E-state index is 4.02. The summed E-state index contributed by atoms with van der Waals surface area (Å²) in [6.07, 6.45) is 2.71. The molecule has 0 radical (unpaired) electrons. The van der Waals surface area contributed by atoms with Gasteiger partial charge in [-0.1, -0.05) is 52.8 Å². The molecule has 2 atom stereocenters. The molecule has 0 bridgehead atoms. The molecule has 0 aromatic heterocycles. The highest BCUT2D eigenvalue weighted by Gasteiger charge is 2.36. The van der Waals surface area contributed by atoms with Gasteiger partial charge in [-0.25, -0.2) is 0 Å². The zero-order chi connectivity index (χ0) is 13.2. The van der Waals surface area contributed by atoms with Gasteiger partial charge in [-0.3, -0.25) is 9.80 Å². The Balaban J connectivity index is 1.83. The van der Waals surface area contributed by atoms with Crippen molar-refractivity contribution < 1.29 is 0 Å². The van der Waals surface area contributed by atoms with Crippen molar-refractivity contribution in [1.29, 1.82) is 0 Å². The van der Waals surface area contributed by atoms with Crippen LogP contribution < -0.4 is 0 Å². The van der Waals surface area contributed by atoms with Gasteiger partial charge in [0.15, 0.2) is 0 Å². The van der Waals surface area contributed by atoms with Crippen LogP contribution in [0.25, 0.3) is 0 Å². The van der Waals surface area contributed by atoms with Crippen LogP contribution in [0.5, 0.6) is 0 Å². The molecule has 2 aliphatic rings. The van der Waals surface area contributed by atoms with Crippen LogP contribution in [0.1, 0.15) is 24.4 Å². The van der Waals surface area contributed by atoms with Gasteiger partial charge in [0.1, 0.15) is 0 Å². The normalized spacial score (nSPS) is 28.3.